The first-order chi connectivity index (χ1) is 26.8. The van der Waals surface area contributed by atoms with Crippen molar-refractivity contribution in [3.63, 3.8) is 0 Å². The van der Waals surface area contributed by atoms with Gasteiger partial charge in [0.15, 0.2) is 0 Å². The van der Waals surface area contributed by atoms with Crippen molar-refractivity contribution in [1.82, 2.24) is 18.9 Å². The van der Waals surface area contributed by atoms with Crippen LogP contribution in [-0.4, -0.2) is 18.9 Å². The number of hydrogen-bond acceptors (Lipinski definition) is 2. The highest BCUT2D eigenvalue weighted by Gasteiger charge is 2.21. The van der Waals surface area contributed by atoms with E-state index in [-0.39, 0.29) is 0 Å². The fourth-order valence-corrected chi connectivity index (χ4v) is 8.99. The van der Waals surface area contributed by atoms with Crippen LogP contribution in [0.25, 0.3) is 110 Å². The first-order valence-corrected chi connectivity index (χ1v) is 18.4. The van der Waals surface area contributed by atoms with Gasteiger partial charge in [-0.05, 0) is 51.9 Å². The second kappa shape index (κ2) is 11.1. The first kappa shape index (κ1) is 29.3. The standard InChI is InChI=1S/C50H30N4/c1-2-15-31(16-3-1)48-40-23-8-11-26-43(40)51-50(52-48)54-45-28-13-10-22-37(45)41-29-46-42(30-47(41)54)39-25-14-24-38-35-20-7-5-18-33(35)32-17-4-6-19-34(32)36-21-9-12-27-44(36)53(46)49(38)39/h1-30H. The Balaban J connectivity index is 1.30. The molecular formula is C50H30N4. The lowest BCUT2D eigenvalue weighted by molar-refractivity contribution is 1.01. The number of nitrogens with zero attached hydrogens (tertiary/aromatic N) is 4. The summed E-state index contributed by atoms with van der Waals surface area (Å²) in [6.07, 6.45) is 0. The van der Waals surface area contributed by atoms with E-state index >= 15 is 0 Å². The molecule has 0 saturated heterocycles. The molecule has 0 amide bonds. The zero-order valence-electron chi connectivity index (χ0n) is 29.1. The molecule has 0 atom stereocenters. The van der Waals surface area contributed by atoms with Crippen molar-refractivity contribution < 1.29 is 0 Å². The Morgan fingerprint density at radius 2 is 0.796 bits per heavy atom. The van der Waals surface area contributed by atoms with Crippen molar-refractivity contribution in [3.05, 3.63) is 182 Å². The van der Waals surface area contributed by atoms with Crippen molar-refractivity contribution in [2.24, 2.45) is 0 Å². The van der Waals surface area contributed by atoms with Crippen LogP contribution in [0.1, 0.15) is 0 Å². The molecule has 12 aromatic rings. The molecule has 4 heterocycles. The van der Waals surface area contributed by atoms with Crippen molar-refractivity contribution in [2.45, 2.75) is 0 Å². The summed E-state index contributed by atoms with van der Waals surface area (Å²) in [6, 6.07) is 65.6. The molecular weight excluding hydrogens is 657 g/mol. The predicted molar refractivity (Wildman–Crippen MR) is 227 cm³/mol. The molecule has 0 aliphatic rings. The molecule has 0 bridgehead atoms. The number of hydrogen-bond donors (Lipinski definition) is 0. The zero-order valence-corrected chi connectivity index (χ0v) is 29.1. The fraction of sp³-hybridized carbons (Fsp3) is 0. The zero-order chi connectivity index (χ0) is 35.3. The van der Waals surface area contributed by atoms with E-state index in [0.29, 0.717) is 5.95 Å². The van der Waals surface area contributed by atoms with Crippen molar-refractivity contribution in [2.75, 3.05) is 0 Å². The molecule has 4 aromatic heterocycles. The highest BCUT2D eigenvalue weighted by atomic mass is 15.2. The lowest BCUT2D eigenvalue weighted by Crippen LogP contribution is -2.03. The topological polar surface area (TPSA) is 35.1 Å². The summed E-state index contributed by atoms with van der Waals surface area (Å²) < 4.78 is 4.78. The average molecular weight is 687 g/mol. The summed E-state index contributed by atoms with van der Waals surface area (Å²) in [5.74, 6) is 0.660. The van der Waals surface area contributed by atoms with E-state index in [1.165, 1.54) is 59.6 Å². The summed E-state index contributed by atoms with van der Waals surface area (Å²) in [7, 11) is 0. The lowest BCUT2D eigenvalue weighted by atomic mass is 10.0. The normalized spacial score (nSPS) is 12.1. The number of aromatic nitrogens is 4. The minimum atomic E-state index is 0.660. The third kappa shape index (κ3) is 4.02. The SMILES string of the molecule is c1ccc(-c2nc(-n3c4ccccc4c4cc5c(cc43)c3cccc4c6ccccc6c6ccccc6c6ccccc6n5c43)nc3ccccc23)cc1. The second-order valence-electron chi connectivity index (χ2n) is 14.1. The quantitative estimate of drug-likeness (QED) is 0.181. The van der Waals surface area contributed by atoms with Gasteiger partial charge in [-0.15, -0.1) is 0 Å². The summed E-state index contributed by atoms with van der Waals surface area (Å²) >= 11 is 0. The first-order valence-electron chi connectivity index (χ1n) is 18.4. The molecule has 12 rings (SSSR count). The molecule has 0 unspecified atom stereocenters. The Labute approximate surface area is 309 Å². The highest BCUT2D eigenvalue weighted by molar-refractivity contribution is 6.27. The van der Waals surface area contributed by atoms with E-state index < -0.39 is 0 Å². The Hall–Kier alpha value is -7.30. The largest absolute Gasteiger partial charge is 0.308 e. The maximum atomic E-state index is 5.36. The molecule has 0 saturated carbocycles. The molecule has 4 nitrogen and oxygen atoms in total. The molecule has 0 N–H and O–H groups in total. The monoisotopic (exact) mass is 686 g/mol. The van der Waals surface area contributed by atoms with E-state index in [4.69, 9.17) is 9.97 Å². The van der Waals surface area contributed by atoms with Crippen LogP contribution in [0, 0.1) is 0 Å². The van der Waals surface area contributed by atoms with Crippen LogP contribution in [0.4, 0.5) is 0 Å². The van der Waals surface area contributed by atoms with E-state index in [9.17, 15) is 0 Å². The van der Waals surface area contributed by atoms with Gasteiger partial charge in [-0.1, -0.05) is 152 Å². The number of rotatable bonds is 2. The van der Waals surface area contributed by atoms with Gasteiger partial charge in [0.2, 0.25) is 5.95 Å². The van der Waals surface area contributed by atoms with Crippen LogP contribution >= 0.6 is 0 Å². The number of benzene rings is 8. The van der Waals surface area contributed by atoms with E-state index in [2.05, 4.69) is 185 Å². The maximum absolute atomic E-state index is 5.36. The van der Waals surface area contributed by atoms with E-state index in [1.54, 1.807) is 0 Å². The Morgan fingerprint density at radius 1 is 0.315 bits per heavy atom. The minimum absolute atomic E-state index is 0.660. The van der Waals surface area contributed by atoms with Gasteiger partial charge >= 0.3 is 0 Å². The van der Waals surface area contributed by atoms with Gasteiger partial charge in [0.25, 0.3) is 0 Å². The van der Waals surface area contributed by atoms with Gasteiger partial charge in [0.05, 0.1) is 38.8 Å². The van der Waals surface area contributed by atoms with Crippen molar-refractivity contribution in [1.29, 1.82) is 0 Å². The second-order valence-corrected chi connectivity index (χ2v) is 14.1. The number of fused-ring (bicyclic) bond motifs is 14. The molecule has 54 heavy (non-hydrogen) atoms. The van der Waals surface area contributed by atoms with Crippen LogP contribution in [0.5, 0.6) is 0 Å². The molecule has 0 fully saturated rings. The summed E-state index contributed by atoms with van der Waals surface area (Å²) in [5.41, 5.74) is 8.60. The van der Waals surface area contributed by atoms with Gasteiger partial charge in [-0.2, -0.15) is 0 Å². The Morgan fingerprint density at radius 3 is 1.52 bits per heavy atom. The van der Waals surface area contributed by atoms with Crippen LogP contribution in [0.15, 0.2) is 182 Å². The fourth-order valence-electron chi connectivity index (χ4n) is 8.99. The minimum Gasteiger partial charge on any atom is -0.308 e. The lowest BCUT2D eigenvalue weighted by Gasteiger charge is -2.11. The van der Waals surface area contributed by atoms with Gasteiger partial charge in [-0.25, -0.2) is 9.97 Å². The van der Waals surface area contributed by atoms with Crippen LogP contribution in [-0.2, 0) is 0 Å². The molecule has 0 aliphatic carbocycles. The van der Waals surface area contributed by atoms with Gasteiger partial charge in [0.1, 0.15) is 0 Å². The molecule has 0 spiro atoms. The van der Waals surface area contributed by atoms with Crippen molar-refractivity contribution in [3.8, 4) is 17.2 Å². The molecule has 0 aliphatic heterocycles. The van der Waals surface area contributed by atoms with E-state index in [0.717, 1.165) is 44.0 Å². The number of para-hydroxylation sites is 4. The molecule has 4 heteroatoms. The predicted octanol–water partition coefficient (Wildman–Crippen LogP) is 13.0. The smallest absolute Gasteiger partial charge is 0.235 e. The highest BCUT2D eigenvalue weighted by Crippen LogP contribution is 2.42. The molecule has 8 aromatic carbocycles. The van der Waals surface area contributed by atoms with E-state index in [1.807, 2.05) is 6.07 Å². The van der Waals surface area contributed by atoms with Gasteiger partial charge < -0.3 is 4.40 Å². The summed E-state index contributed by atoms with van der Waals surface area (Å²) in [5, 5.41) is 13.1. The Kier molecular flexibility index (Phi) is 6.02. The Bertz CT molecular complexity index is 3560. The van der Waals surface area contributed by atoms with Gasteiger partial charge in [0, 0.05) is 43.3 Å². The molecule has 0 radical (unpaired) electrons. The van der Waals surface area contributed by atoms with Gasteiger partial charge in [-0.3, -0.25) is 4.57 Å². The molecule has 250 valence electrons. The van der Waals surface area contributed by atoms with Crippen LogP contribution < -0.4 is 0 Å². The van der Waals surface area contributed by atoms with Crippen LogP contribution in [0.3, 0.4) is 0 Å². The third-order valence-corrected chi connectivity index (χ3v) is 11.3. The average Bonchev–Trinajstić information content (AvgIpc) is 3.75. The third-order valence-electron chi connectivity index (χ3n) is 11.3. The van der Waals surface area contributed by atoms with Crippen molar-refractivity contribution >= 4 is 92.3 Å². The summed E-state index contributed by atoms with van der Waals surface area (Å²) in [6.45, 7) is 0. The maximum Gasteiger partial charge on any atom is 0.235 e. The van der Waals surface area contributed by atoms with Crippen LogP contribution in [0.2, 0.25) is 0 Å². The summed E-state index contributed by atoms with van der Waals surface area (Å²) in [4.78, 5) is 10.6.